The predicted octanol–water partition coefficient (Wildman–Crippen LogP) is 2.07. The normalized spacial score (nSPS) is 17.5. The second kappa shape index (κ2) is 6.78. The van der Waals surface area contributed by atoms with Crippen LogP contribution in [-0.2, 0) is 9.53 Å². The van der Waals surface area contributed by atoms with E-state index in [1.165, 1.54) is 9.80 Å². The number of nitrogens with zero attached hydrogens (tertiary/aromatic N) is 2. The highest BCUT2D eigenvalue weighted by Crippen LogP contribution is 2.22. The fourth-order valence-electron chi connectivity index (χ4n) is 2.22. The van der Waals surface area contributed by atoms with Gasteiger partial charge in [-0.3, -0.25) is 9.69 Å². The molecule has 2 rings (SSSR count). The molecule has 2 amide bonds. The molecule has 1 saturated heterocycles. The summed E-state index contributed by atoms with van der Waals surface area (Å²) in [5, 5.41) is 9.49. The van der Waals surface area contributed by atoms with Crippen molar-refractivity contribution in [2.45, 2.75) is 12.5 Å². The van der Waals surface area contributed by atoms with Crippen molar-refractivity contribution in [3.05, 3.63) is 29.3 Å². The van der Waals surface area contributed by atoms with Gasteiger partial charge in [-0.25, -0.2) is 4.79 Å². The van der Waals surface area contributed by atoms with Crippen molar-refractivity contribution < 1.29 is 19.4 Å². The van der Waals surface area contributed by atoms with Crippen LogP contribution in [0.5, 0.6) is 0 Å². The topological polar surface area (TPSA) is 70.1 Å². The average molecular weight is 313 g/mol. The van der Waals surface area contributed by atoms with Crippen LogP contribution < -0.4 is 4.90 Å². The van der Waals surface area contributed by atoms with Gasteiger partial charge in [-0.15, -0.1) is 0 Å². The van der Waals surface area contributed by atoms with E-state index in [2.05, 4.69) is 0 Å². The first-order valence-electron chi connectivity index (χ1n) is 6.58. The van der Waals surface area contributed by atoms with Gasteiger partial charge in [0.1, 0.15) is 6.54 Å². The highest BCUT2D eigenvalue weighted by molar-refractivity contribution is 6.30. The van der Waals surface area contributed by atoms with Gasteiger partial charge in [-0.05, 0) is 24.6 Å². The van der Waals surface area contributed by atoms with Gasteiger partial charge in [0.05, 0.1) is 12.6 Å². The number of amides is 2. The van der Waals surface area contributed by atoms with Crippen LogP contribution in [0.25, 0.3) is 0 Å². The lowest BCUT2D eigenvalue weighted by atomic mass is 10.2. The van der Waals surface area contributed by atoms with Crippen LogP contribution in [0.4, 0.5) is 10.5 Å². The Labute approximate surface area is 127 Å². The maximum Gasteiger partial charge on any atom is 0.325 e. The van der Waals surface area contributed by atoms with Gasteiger partial charge in [0.2, 0.25) is 0 Å². The summed E-state index contributed by atoms with van der Waals surface area (Å²) in [5.74, 6) is -1.08. The molecule has 1 aliphatic heterocycles. The van der Waals surface area contributed by atoms with E-state index in [9.17, 15) is 9.59 Å². The van der Waals surface area contributed by atoms with Crippen molar-refractivity contribution in [1.82, 2.24) is 4.90 Å². The number of anilines is 1. The van der Waals surface area contributed by atoms with Crippen molar-refractivity contribution in [1.29, 1.82) is 0 Å². The van der Waals surface area contributed by atoms with Gasteiger partial charge < -0.3 is 14.7 Å². The summed E-state index contributed by atoms with van der Waals surface area (Å²) < 4.78 is 5.26. The third-order valence-corrected chi connectivity index (χ3v) is 3.63. The molecule has 1 fully saturated rings. The molecule has 0 radical (unpaired) electrons. The molecule has 0 aliphatic carbocycles. The smallest absolute Gasteiger partial charge is 0.325 e. The first kappa shape index (κ1) is 15.6. The van der Waals surface area contributed by atoms with E-state index in [1.807, 2.05) is 0 Å². The maximum absolute atomic E-state index is 12.6. The summed E-state index contributed by atoms with van der Waals surface area (Å²) in [7, 11) is 1.65. The molecule has 0 saturated carbocycles. The number of aliphatic carboxylic acids is 1. The van der Waals surface area contributed by atoms with Gasteiger partial charge in [0.15, 0.2) is 0 Å². The average Bonchev–Trinajstić information content (AvgIpc) is 2.97. The number of rotatable bonds is 4. The lowest BCUT2D eigenvalue weighted by Crippen LogP contribution is -2.48. The number of ether oxygens (including phenoxy) is 1. The number of carbonyl (C=O) groups is 2. The zero-order valence-corrected chi connectivity index (χ0v) is 12.4. The van der Waals surface area contributed by atoms with E-state index in [4.69, 9.17) is 21.4 Å². The van der Waals surface area contributed by atoms with Crippen LogP contribution in [0.2, 0.25) is 5.02 Å². The molecule has 0 bridgehead atoms. The molecular weight excluding hydrogens is 296 g/mol. The fourth-order valence-corrected chi connectivity index (χ4v) is 2.41. The number of urea groups is 1. The van der Waals surface area contributed by atoms with Crippen LogP contribution >= 0.6 is 11.6 Å². The minimum Gasteiger partial charge on any atom is -0.480 e. The summed E-state index contributed by atoms with van der Waals surface area (Å²) in [6.07, 6.45) is 0.749. The van der Waals surface area contributed by atoms with E-state index >= 15 is 0 Å². The van der Waals surface area contributed by atoms with E-state index in [1.54, 1.807) is 31.3 Å². The van der Waals surface area contributed by atoms with Gasteiger partial charge >= 0.3 is 12.0 Å². The highest BCUT2D eigenvalue weighted by Gasteiger charge is 2.29. The Bertz CT molecular complexity index is 531. The zero-order chi connectivity index (χ0) is 15.4. The second-order valence-electron chi connectivity index (χ2n) is 4.87. The Kier molecular flexibility index (Phi) is 5.03. The molecule has 7 heteroatoms. The molecular formula is C14H17ClN2O4. The third kappa shape index (κ3) is 3.86. The lowest BCUT2D eigenvalue weighted by molar-refractivity contribution is -0.135. The van der Waals surface area contributed by atoms with E-state index in [0.29, 0.717) is 23.9 Å². The number of carboxylic acids is 1. The molecule has 0 spiro atoms. The van der Waals surface area contributed by atoms with Crippen LogP contribution in [0.3, 0.4) is 0 Å². The standard InChI is InChI=1S/C14H17ClN2O4/c1-16(12-5-6-21-9-12)14(20)17(8-13(18)19)11-4-2-3-10(15)7-11/h2-4,7,12H,5-6,8-9H2,1H3,(H,18,19). The number of carbonyl (C=O) groups excluding carboxylic acids is 1. The summed E-state index contributed by atoms with van der Waals surface area (Å²) in [5.41, 5.74) is 0.459. The first-order chi connectivity index (χ1) is 9.99. The molecule has 21 heavy (non-hydrogen) atoms. The monoisotopic (exact) mass is 312 g/mol. The summed E-state index contributed by atoms with van der Waals surface area (Å²) in [4.78, 5) is 26.3. The van der Waals surface area contributed by atoms with Crippen molar-refractivity contribution in [2.24, 2.45) is 0 Å². The highest BCUT2D eigenvalue weighted by atomic mass is 35.5. The SMILES string of the molecule is CN(C(=O)N(CC(=O)O)c1cccc(Cl)c1)C1CCOC1. The van der Waals surface area contributed by atoms with Crippen LogP contribution in [0.1, 0.15) is 6.42 Å². The van der Waals surface area contributed by atoms with E-state index < -0.39 is 12.5 Å². The molecule has 1 aromatic rings. The lowest BCUT2D eigenvalue weighted by Gasteiger charge is -2.30. The number of hydrogen-bond donors (Lipinski definition) is 1. The minimum atomic E-state index is -1.08. The van der Waals surface area contributed by atoms with Crippen molar-refractivity contribution in [3.8, 4) is 0 Å². The Balaban J connectivity index is 2.22. The molecule has 1 N–H and O–H groups in total. The minimum absolute atomic E-state index is 0.0343. The number of hydrogen-bond acceptors (Lipinski definition) is 3. The van der Waals surface area contributed by atoms with Crippen molar-refractivity contribution in [3.63, 3.8) is 0 Å². The summed E-state index contributed by atoms with van der Waals surface area (Å²) >= 11 is 5.92. The van der Waals surface area contributed by atoms with Gasteiger partial charge in [0, 0.05) is 24.4 Å². The van der Waals surface area contributed by atoms with Crippen LogP contribution in [0, 0.1) is 0 Å². The molecule has 1 atom stereocenters. The molecule has 1 heterocycles. The Morgan fingerprint density at radius 1 is 1.48 bits per heavy atom. The predicted molar refractivity (Wildman–Crippen MR) is 78.8 cm³/mol. The Morgan fingerprint density at radius 2 is 2.24 bits per heavy atom. The molecule has 1 aromatic carbocycles. The van der Waals surface area contributed by atoms with Gasteiger partial charge in [0.25, 0.3) is 0 Å². The fraction of sp³-hybridized carbons (Fsp3) is 0.429. The van der Waals surface area contributed by atoms with Crippen molar-refractivity contribution >= 4 is 29.3 Å². The number of carboxylic acid groups (broad SMARTS) is 1. The van der Waals surface area contributed by atoms with E-state index in [0.717, 1.165) is 6.42 Å². The van der Waals surface area contributed by atoms with Crippen LogP contribution in [-0.4, -0.2) is 54.9 Å². The Hall–Kier alpha value is -1.79. The third-order valence-electron chi connectivity index (χ3n) is 3.40. The zero-order valence-electron chi connectivity index (χ0n) is 11.7. The molecule has 1 unspecified atom stereocenters. The largest absolute Gasteiger partial charge is 0.480 e. The Morgan fingerprint density at radius 3 is 2.81 bits per heavy atom. The van der Waals surface area contributed by atoms with Crippen LogP contribution in [0.15, 0.2) is 24.3 Å². The maximum atomic E-state index is 12.6. The quantitative estimate of drug-likeness (QED) is 0.924. The summed E-state index contributed by atoms with van der Waals surface area (Å²) in [6.45, 7) is 0.661. The van der Waals surface area contributed by atoms with Gasteiger partial charge in [-0.1, -0.05) is 17.7 Å². The van der Waals surface area contributed by atoms with Crippen molar-refractivity contribution in [2.75, 3.05) is 31.7 Å². The van der Waals surface area contributed by atoms with E-state index in [-0.39, 0.29) is 12.1 Å². The second-order valence-corrected chi connectivity index (χ2v) is 5.31. The molecule has 114 valence electrons. The van der Waals surface area contributed by atoms with Gasteiger partial charge in [-0.2, -0.15) is 0 Å². The molecule has 6 nitrogen and oxygen atoms in total. The number of benzene rings is 1. The number of likely N-dealkylation sites (N-methyl/N-ethyl adjacent to an activating group) is 1. The number of halogens is 1. The first-order valence-corrected chi connectivity index (χ1v) is 6.96. The molecule has 1 aliphatic rings. The summed E-state index contributed by atoms with van der Waals surface area (Å²) in [6, 6.07) is 6.16. The molecule has 0 aromatic heterocycles.